The molecule has 1 atom stereocenters. The third-order valence-corrected chi connectivity index (χ3v) is 5.64. The van der Waals surface area contributed by atoms with Crippen LogP contribution in [0.5, 0.6) is 0 Å². The van der Waals surface area contributed by atoms with Gasteiger partial charge >= 0.3 is 11.8 Å². The summed E-state index contributed by atoms with van der Waals surface area (Å²) in [5, 5.41) is 10.1. The SMILES string of the molecule is O=C(NCc1ccccc1Cl)C(=O)NC[C@@H](c1ccsc1)N1CCCC1. The summed E-state index contributed by atoms with van der Waals surface area (Å²) in [6.07, 6.45) is 2.35. The molecule has 2 heterocycles. The first-order chi connectivity index (χ1) is 12.6. The van der Waals surface area contributed by atoms with E-state index in [0.717, 1.165) is 18.7 Å². The number of hydrogen-bond acceptors (Lipinski definition) is 4. The molecule has 138 valence electrons. The molecular weight excluding hydrogens is 370 g/mol. The maximum absolute atomic E-state index is 12.2. The Bertz CT molecular complexity index is 745. The van der Waals surface area contributed by atoms with E-state index in [-0.39, 0.29) is 12.6 Å². The van der Waals surface area contributed by atoms with E-state index in [2.05, 4.69) is 27.0 Å². The third kappa shape index (κ3) is 4.84. The van der Waals surface area contributed by atoms with E-state index < -0.39 is 11.8 Å². The second kappa shape index (κ2) is 9.16. The van der Waals surface area contributed by atoms with Crippen LogP contribution >= 0.6 is 22.9 Å². The standard InChI is InChI=1S/C19H22ClN3O2S/c20-16-6-2-1-5-14(16)11-21-18(24)19(25)22-12-17(15-7-10-26-13-15)23-8-3-4-9-23/h1-2,5-7,10,13,17H,3-4,8-9,11-12H2,(H,21,24)(H,22,25)/t17-/m0/s1. The zero-order valence-corrected chi connectivity index (χ0v) is 16.0. The van der Waals surface area contributed by atoms with Crippen molar-refractivity contribution >= 4 is 34.8 Å². The molecular formula is C19H22ClN3O2S. The van der Waals surface area contributed by atoms with Crippen LogP contribution in [-0.2, 0) is 16.1 Å². The van der Waals surface area contributed by atoms with Gasteiger partial charge in [-0.05, 0) is 60.0 Å². The second-order valence-electron chi connectivity index (χ2n) is 6.30. The zero-order chi connectivity index (χ0) is 18.4. The number of rotatable bonds is 6. The predicted molar refractivity (Wildman–Crippen MR) is 104 cm³/mol. The fraction of sp³-hybridized carbons (Fsp3) is 0.368. The van der Waals surface area contributed by atoms with Crippen molar-refractivity contribution in [2.75, 3.05) is 19.6 Å². The maximum atomic E-state index is 12.2. The number of carbonyl (C=O) groups is 2. The molecule has 0 spiro atoms. The van der Waals surface area contributed by atoms with Crippen LogP contribution in [0.1, 0.15) is 30.0 Å². The van der Waals surface area contributed by atoms with Crippen molar-refractivity contribution in [2.45, 2.75) is 25.4 Å². The minimum Gasteiger partial charge on any atom is -0.346 e. The lowest BCUT2D eigenvalue weighted by Gasteiger charge is -2.27. The van der Waals surface area contributed by atoms with Crippen molar-refractivity contribution in [3.63, 3.8) is 0 Å². The summed E-state index contributed by atoms with van der Waals surface area (Å²) in [6.45, 7) is 2.70. The minimum atomic E-state index is -0.643. The lowest BCUT2D eigenvalue weighted by atomic mass is 10.1. The van der Waals surface area contributed by atoms with Gasteiger partial charge < -0.3 is 10.6 Å². The molecule has 0 unspecified atom stereocenters. The van der Waals surface area contributed by atoms with Gasteiger partial charge in [0.1, 0.15) is 0 Å². The highest BCUT2D eigenvalue weighted by Gasteiger charge is 2.25. The summed E-state index contributed by atoms with van der Waals surface area (Å²) in [7, 11) is 0. The number of hydrogen-bond donors (Lipinski definition) is 2. The predicted octanol–water partition coefficient (Wildman–Crippen LogP) is 2.97. The molecule has 2 aromatic rings. The number of halogens is 1. The molecule has 0 aliphatic carbocycles. The number of benzene rings is 1. The Morgan fingerprint density at radius 2 is 1.85 bits per heavy atom. The topological polar surface area (TPSA) is 61.4 Å². The number of likely N-dealkylation sites (tertiary alicyclic amines) is 1. The fourth-order valence-electron chi connectivity index (χ4n) is 3.14. The van der Waals surface area contributed by atoms with Gasteiger partial charge in [-0.2, -0.15) is 11.3 Å². The number of amides is 2. The summed E-state index contributed by atoms with van der Waals surface area (Å²) in [6, 6.07) is 9.43. The van der Waals surface area contributed by atoms with E-state index in [0.29, 0.717) is 11.6 Å². The quantitative estimate of drug-likeness (QED) is 0.744. The fourth-order valence-corrected chi connectivity index (χ4v) is 4.05. The average Bonchev–Trinajstić information content (AvgIpc) is 3.35. The normalized spacial score (nSPS) is 15.6. The number of thiophene rings is 1. The van der Waals surface area contributed by atoms with Crippen molar-refractivity contribution in [3.05, 3.63) is 57.2 Å². The Balaban J connectivity index is 1.53. The van der Waals surface area contributed by atoms with Crippen molar-refractivity contribution < 1.29 is 9.59 Å². The molecule has 5 nitrogen and oxygen atoms in total. The molecule has 1 aliphatic rings. The lowest BCUT2D eigenvalue weighted by molar-refractivity contribution is -0.139. The first kappa shape index (κ1) is 18.9. The molecule has 7 heteroatoms. The van der Waals surface area contributed by atoms with Crippen LogP contribution in [-0.4, -0.2) is 36.3 Å². The molecule has 3 rings (SSSR count). The highest BCUT2D eigenvalue weighted by Crippen LogP contribution is 2.26. The molecule has 0 bridgehead atoms. The van der Waals surface area contributed by atoms with E-state index in [1.807, 2.05) is 23.6 Å². The van der Waals surface area contributed by atoms with Crippen LogP contribution in [0.15, 0.2) is 41.1 Å². The highest BCUT2D eigenvalue weighted by molar-refractivity contribution is 7.08. The van der Waals surface area contributed by atoms with Crippen molar-refractivity contribution in [2.24, 2.45) is 0 Å². The Morgan fingerprint density at radius 1 is 1.12 bits per heavy atom. The largest absolute Gasteiger partial charge is 0.346 e. The summed E-state index contributed by atoms with van der Waals surface area (Å²) >= 11 is 7.71. The first-order valence-corrected chi connectivity index (χ1v) is 10.0. The van der Waals surface area contributed by atoms with Crippen LogP contribution in [0, 0.1) is 0 Å². The highest BCUT2D eigenvalue weighted by atomic mass is 35.5. The van der Waals surface area contributed by atoms with Gasteiger partial charge in [0.05, 0.1) is 6.04 Å². The Hall–Kier alpha value is -1.89. The molecule has 2 N–H and O–H groups in total. The van der Waals surface area contributed by atoms with E-state index in [9.17, 15) is 9.59 Å². The summed E-state index contributed by atoms with van der Waals surface area (Å²) < 4.78 is 0. The number of nitrogens with one attached hydrogen (secondary N) is 2. The van der Waals surface area contributed by atoms with Gasteiger partial charge in [-0.15, -0.1) is 0 Å². The molecule has 1 aliphatic heterocycles. The molecule has 1 fully saturated rings. The van der Waals surface area contributed by atoms with Crippen molar-refractivity contribution in [1.29, 1.82) is 0 Å². The van der Waals surface area contributed by atoms with Crippen LogP contribution in [0.2, 0.25) is 5.02 Å². The minimum absolute atomic E-state index is 0.115. The first-order valence-electron chi connectivity index (χ1n) is 8.70. The van der Waals surface area contributed by atoms with Crippen molar-refractivity contribution in [1.82, 2.24) is 15.5 Å². The van der Waals surface area contributed by atoms with Gasteiger partial charge in [0.15, 0.2) is 0 Å². The van der Waals surface area contributed by atoms with Gasteiger partial charge in [0.2, 0.25) is 0 Å². The summed E-state index contributed by atoms with van der Waals surface area (Å²) in [4.78, 5) is 26.6. The average molecular weight is 392 g/mol. The van der Waals surface area contributed by atoms with E-state index in [4.69, 9.17) is 11.6 Å². The van der Waals surface area contributed by atoms with Crippen molar-refractivity contribution in [3.8, 4) is 0 Å². The monoisotopic (exact) mass is 391 g/mol. The van der Waals surface area contributed by atoms with Gasteiger partial charge in [-0.1, -0.05) is 29.8 Å². The van der Waals surface area contributed by atoms with Crippen LogP contribution < -0.4 is 10.6 Å². The van der Waals surface area contributed by atoms with E-state index in [1.54, 1.807) is 17.4 Å². The summed E-state index contributed by atoms with van der Waals surface area (Å²) in [5.41, 5.74) is 1.97. The van der Waals surface area contributed by atoms with E-state index in [1.165, 1.54) is 18.4 Å². The van der Waals surface area contributed by atoms with Gasteiger partial charge in [0, 0.05) is 18.1 Å². The van der Waals surface area contributed by atoms with Gasteiger partial charge in [-0.3, -0.25) is 14.5 Å². The zero-order valence-electron chi connectivity index (χ0n) is 14.4. The third-order valence-electron chi connectivity index (χ3n) is 4.57. The molecule has 1 saturated heterocycles. The van der Waals surface area contributed by atoms with Gasteiger partial charge in [-0.25, -0.2) is 0 Å². The molecule has 1 aromatic heterocycles. The smallest absolute Gasteiger partial charge is 0.309 e. The molecule has 1 aromatic carbocycles. The summed E-state index contributed by atoms with van der Waals surface area (Å²) in [5.74, 6) is -1.26. The number of nitrogens with zero attached hydrogens (tertiary/aromatic N) is 1. The number of carbonyl (C=O) groups excluding carboxylic acids is 2. The molecule has 0 saturated carbocycles. The van der Waals surface area contributed by atoms with Crippen LogP contribution in [0.4, 0.5) is 0 Å². The molecule has 2 amide bonds. The Labute approximate surface area is 162 Å². The maximum Gasteiger partial charge on any atom is 0.309 e. The van der Waals surface area contributed by atoms with Gasteiger partial charge in [0.25, 0.3) is 0 Å². The van der Waals surface area contributed by atoms with Crippen LogP contribution in [0.3, 0.4) is 0 Å². The molecule has 26 heavy (non-hydrogen) atoms. The Morgan fingerprint density at radius 3 is 2.54 bits per heavy atom. The Kier molecular flexibility index (Phi) is 6.66. The van der Waals surface area contributed by atoms with Crippen LogP contribution in [0.25, 0.3) is 0 Å². The second-order valence-corrected chi connectivity index (χ2v) is 7.49. The molecule has 0 radical (unpaired) electrons. The lowest BCUT2D eigenvalue weighted by Crippen LogP contribution is -2.43. The van der Waals surface area contributed by atoms with E-state index >= 15 is 0 Å².